The van der Waals surface area contributed by atoms with Gasteiger partial charge in [0.25, 0.3) is 5.91 Å². The van der Waals surface area contributed by atoms with Crippen LogP contribution in [0.25, 0.3) is 0 Å². The van der Waals surface area contributed by atoms with Crippen LogP contribution in [0.5, 0.6) is 0 Å². The third-order valence-corrected chi connectivity index (χ3v) is 1.83. The summed E-state index contributed by atoms with van der Waals surface area (Å²) in [6, 6.07) is 0. The Morgan fingerprint density at radius 2 is 2.40 bits per heavy atom. The van der Waals surface area contributed by atoms with Gasteiger partial charge in [-0.2, -0.15) is 5.10 Å². The van der Waals surface area contributed by atoms with Gasteiger partial charge in [-0.05, 0) is 0 Å². The molecule has 0 aromatic carbocycles. The number of hydrogen-bond acceptors (Lipinski definition) is 4. The summed E-state index contributed by atoms with van der Waals surface area (Å²) < 4.78 is 0. The van der Waals surface area contributed by atoms with Crippen molar-refractivity contribution >= 4 is 5.91 Å². The molecule has 7 nitrogen and oxygen atoms in total. The minimum atomic E-state index is -0.265. The molecule has 2 aromatic heterocycles. The molecular weight excluding hydrogens is 196 g/mol. The zero-order chi connectivity index (χ0) is 10.5. The third kappa shape index (κ3) is 2.39. The fraction of sp³-hybridized carbons (Fsp3) is 0.250. The van der Waals surface area contributed by atoms with Gasteiger partial charge in [0.1, 0.15) is 12.2 Å². The van der Waals surface area contributed by atoms with Crippen LogP contribution < -0.4 is 5.32 Å². The highest BCUT2D eigenvalue weighted by molar-refractivity contribution is 5.90. The average Bonchev–Trinajstić information content (AvgIpc) is 2.90. The molecule has 1 amide bonds. The second-order valence-corrected chi connectivity index (χ2v) is 2.88. The van der Waals surface area contributed by atoms with Gasteiger partial charge >= 0.3 is 0 Å². The highest BCUT2D eigenvalue weighted by Gasteiger charge is 2.07. The number of hydrogen-bond donors (Lipinski definition) is 3. The smallest absolute Gasteiger partial charge is 0.288 e. The quantitative estimate of drug-likeness (QED) is 0.628. The van der Waals surface area contributed by atoms with Gasteiger partial charge in [0.15, 0.2) is 0 Å². The van der Waals surface area contributed by atoms with Gasteiger partial charge in [-0.25, -0.2) is 9.97 Å². The lowest BCUT2D eigenvalue weighted by Crippen LogP contribution is -2.26. The Labute approximate surface area is 85.3 Å². The number of aromatic nitrogens is 5. The van der Waals surface area contributed by atoms with Crippen LogP contribution in [0.15, 0.2) is 18.7 Å². The number of H-pyrrole nitrogens is 2. The van der Waals surface area contributed by atoms with Crippen LogP contribution in [0, 0.1) is 0 Å². The van der Waals surface area contributed by atoms with Crippen LogP contribution in [0.3, 0.4) is 0 Å². The molecule has 15 heavy (non-hydrogen) atoms. The molecule has 0 bridgehead atoms. The first-order valence-electron chi connectivity index (χ1n) is 4.48. The zero-order valence-corrected chi connectivity index (χ0v) is 7.90. The molecule has 78 valence electrons. The molecule has 0 unspecified atom stereocenters. The molecule has 2 aromatic rings. The van der Waals surface area contributed by atoms with Gasteiger partial charge in [0.05, 0.1) is 0 Å². The minimum absolute atomic E-state index is 0.217. The van der Waals surface area contributed by atoms with Crippen molar-refractivity contribution in [3.05, 3.63) is 30.4 Å². The molecular formula is C8H10N6O. The lowest BCUT2D eigenvalue weighted by molar-refractivity contribution is 0.0944. The highest BCUT2D eigenvalue weighted by Crippen LogP contribution is 1.89. The number of carbonyl (C=O) groups excluding carboxylic acids is 1. The SMILES string of the molecule is O=C(NCCc1ncc[nH]1)c1ncn[nH]1. The van der Waals surface area contributed by atoms with E-state index >= 15 is 0 Å². The van der Waals surface area contributed by atoms with Gasteiger partial charge in [-0.1, -0.05) is 0 Å². The summed E-state index contributed by atoms with van der Waals surface area (Å²) >= 11 is 0. The molecule has 3 N–H and O–H groups in total. The van der Waals surface area contributed by atoms with E-state index < -0.39 is 0 Å². The fourth-order valence-corrected chi connectivity index (χ4v) is 1.13. The van der Waals surface area contributed by atoms with Crippen LogP contribution in [0.1, 0.15) is 16.4 Å². The summed E-state index contributed by atoms with van der Waals surface area (Å²) in [6.07, 6.45) is 5.37. The van der Waals surface area contributed by atoms with Crippen molar-refractivity contribution in [2.45, 2.75) is 6.42 Å². The third-order valence-electron chi connectivity index (χ3n) is 1.83. The number of nitrogens with zero attached hydrogens (tertiary/aromatic N) is 3. The van der Waals surface area contributed by atoms with Crippen LogP contribution in [-0.4, -0.2) is 37.6 Å². The summed E-state index contributed by atoms with van der Waals surface area (Å²) in [5, 5.41) is 8.76. The fourth-order valence-electron chi connectivity index (χ4n) is 1.13. The summed E-state index contributed by atoms with van der Waals surface area (Å²) in [5.41, 5.74) is 0. The Morgan fingerprint density at radius 3 is 3.07 bits per heavy atom. The van der Waals surface area contributed by atoms with E-state index in [0.29, 0.717) is 13.0 Å². The number of rotatable bonds is 4. The van der Waals surface area contributed by atoms with E-state index in [0.717, 1.165) is 5.82 Å². The molecule has 2 rings (SSSR count). The van der Waals surface area contributed by atoms with Crippen molar-refractivity contribution in [2.75, 3.05) is 6.54 Å². The van der Waals surface area contributed by atoms with Crippen molar-refractivity contribution in [1.29, 1.82) is 0 Å². The molecule has 2 heterocycles. The van der Waals surface area contributed by atoms with Crippen molar-refractivity contribution in [1.82, 2.24) is 30.5 Å². The second kappa shape index (κ2) is 4.36. The normalized spacial score (nSPS) is 10.1. The summed E-state index contributed by atoms with van der Waals surface area (Å²) in [7, 11) is 0. The first-order valence-corrected chi connectivity index (χ1v) is 4.48. The van der Waals surface area contributed by atoms with E-state index in [1.807, 2.05) is 0 Å². The molecule has 0 aliphatic rings. The Bertz CT molecular complexity index is 406. The molecule has 0 aliphatic heterocycles. The predicted octanol–water partition coefficient (Wildman–Crippen LogP) is -0.500. The Kier molecular flexibility index (Phi) is 2.72. The van der Waals surface area contributed by atoms with Crippen LogP contribution >= 0.6 is 0 Å². The molecule has 0 fully saturated rings. The summed E-state index contributed by atoms with van der Waals surface area (Å²) in [6.45, 7) is 0.507. The monoisotopic (exact) mass is 206 g/mol. The lowest BCUT2D eigenvalue weighted by atomic mass is 10.4. The van der Waals surface area contributed by atoms with Crippen molar-refractivity contribution < 1.29 is 4.79 Å². The number of nitrogens with one attached hydrogen (secondary N) is 3. The number of carbonyl (C=O) groups is 1. The van der Waals surface area contributed by atoms with Gasteiger partial charge in [0, 0.05) is 25.4 Å². The maximum Gasteiger partial charge on any atom is 0.288 e. The molecule has 0 atom stereocenters. The van der Waals surface area contributed by atoms with Crippen LogP contribution in [0.2, 0.25) is 0 Å². The van der Waals surface area contributed by atoms with E-state index in [1.54, 1.807) is 12.4 Å². The second-order valence-electron chi connectivity index (χ2n) is 2.88. The molecule has 7 heteroatoms. The molecule has 0 aliphatic carbocycles. The molecule has 0 saturated heterocycles. The van der Waals surface area contributed by atoms with E-state index in [2.05, 4.69) is 30.5 Å². The number of imidazole rings is 1. The highest BCUT2D eigenvalue weighted by atomic mass is 16.2. The van der Waals surface area contributed by atoms with Crippen molar-refractivity contribution in [3.63, 3.8) is 0 Å². The van der Waals surface area contributed by atoms with Crippen molar-refractivity contribution in [2.24, 2.45) is 0 Å². The van der Waals surface area contributed by atoms with E-state index in [4.69, 9.17) is 0 Å². The Balaban J connectivity index is 1.77. The zero-order valence-electron chi connectivity index (χ0n) is 7.90. The molecule has 0 spiro atoms. The average molecular weight is 206 g/mol. The standard InChI is InChI=1S/C8H10N6O/c15-8(7-12-5-13-14-7)11-2-1-6-9-3-4-10-6/h3-5H,1-2H2,(H,9,10)(H,11,15)(H,12,13,14). The first-order chi connectivity index (χ1) is 7.36. The van der Waals surface area contributed by atoms with E-state index in [1.165, 1.54) is 6.33 Å². The summed E-state index contributed by atoms with van der Waals surface area (Å²) in [4.78, 5) is 22.1. The number of aromatic amines is 2. The number of amides is 1. The molecule has 0 radical (unpaired) electrons. The summed E-state index contributed by atoms with van der Waals surface area (Å²) in [5.74, 6) is 0.793. The minimum Gasteiger partial charge on any atom is -0.349 e. The van der Waals surface area contributed by atoms with Gasteiger partial charge in [-0.3, -0.25) is 9.89 Å². The maximum absolute atomic E-state index is 11.4. The molecule has 0 saturated carbocycles. The Hall–Kier alpha value is -2.18. The lowest BCUT2D eigenvalue weighted by Gasteiger charge is -2.00. The predicted molar refractivity (Wildman–Crippen MR) is 51.0 cm³/mol. The van der Waals surface area contributed by atoms with Crippen LogP contribution in [0.4, 0.5) is 0 Å². The van der Waals surface area contributed by atoms with Gasteiger partial charge < -0.3 is 10.3 Å². The van der Waals surface area contributed by atoms with Gasteiger partial charge in [0.2, 0.25) is 5.82 Å². The largest absolute Gasteiger partial charge is 0.349 e. The van der Waals surface area contributed by atoms with Gasteiger partial charge in [-0.15, -0.1) is 0 Å². The van der Waals surface area contributed by atoms with E-state index in [-0.39, 0.29) is 11.7 Å². The maximum atomic E-state index is 11.4. The van der Waals surface area contributed by atoms with E-state index in [9.17, 15) is 4.79 Å². The Morgan fingerprint density at radius 1 is 1.47 bits per heavy atom. The first kappa shape index (κ1) is 9.38. The topological polar surface area (TPSA) is 99.3 Å². The van der Waals surface area contributed by atoms with Crippen molar-refractivity contribution in [3.8, 4) is 0 Å². The van der Waals surface area contributed by atoms with Crippen LogP contribution in [-0.2, 0) is 6.42 Å².